The van der Waals surface area contributed by atoms with Crippen LogP contribution in [0.15, 0.2) is 0 Å². The molecule has 0 aromatic heterocycles. The Balaban J connectivity index is 0.000000605. The van der Waals surface area contributed by atoms with Crippen LogP contribution < -0.4 is 5.32 Å². The van der Waals surface area contributed by atoms with Crippen molar-refractivity contribution in [3.63, 3.8) is 0 Å². The van der Waals surface area contributed by atoms with Crippen LogP contribution in [0.25, 0.3) is 0 Å². The molecule has 2 rings (SSSR count). The minimum absolute atomic E-state index is 0. The molecule has 2 saturated heterocycles. The van der Waals surface area contributed by atoms with E-state index in [2.05, 4.69) is 17.3 Å². The minimum atomic E-state index is 0. The first-order chi connectivity index (χ1) is 4.88. The van der Waals surface area contributed by atoms with Gasteiger partial charge in [-0.05, 0) is 38.9 Å². The van der Waals surface area contributed by atoms with Gasteiger partial charge in [-0.1, -0.05) is 0 Å². The zero-order valence-electron chi connectivity index (χ0n) is 7.05. The molecule has 2 heterocycles. The predicted molar refractivity (Wildman–Crippen MR) is 49.3 cm³/mol. The fourth-order valence-electron chi connectivity index (χ4n) is 2.30. The van der Waals surface area contributed by atoms with E-state index < -0.39 is 0 Å². The van der Waals surface area contributed by atoms with Gasteiger partial charge in [0.05, 0.1) is 0 Å². The van der Waals surface area contributed by atoms with Gasteiger partial charge >= 0.3 is 0 Å². The topological polar surface area (TPSA) is 15.3 Å². The third-order valence-corrected chi connectivity index (χ3v) is 2.96. The van der Waals surface area contributed by atoms with Gasteiger partial charge in [-0.25, -0.2) is 0 Å². The number of nitrogens with zero attached hydrogens (tertiary/aromatic N) is 1. The van der Waals surface area contributed by atoms with Crippen molar-refractivity contribution >= 4 is 12.4 Å². The molecule has 2 fully saturated rings. The lowest BCUT2D eigenvalue weighted by molar-refractivity contribution is 0.158. The predicted octanol–water partition coefficient (Wildman–Crippen LogP) is 0.722. The highest BCUT2D eigenvalue weighted by Gasteiger charge is 2.32. The number of nitrogens with one attached hydrogen (secondary N) is 1. The van der Waals surface area contributed by atoms with E-state index in [0.717, 1.165) is 12.0 Å². The van der Waals surface area contributed by atoms with Crippen LogP contribution in [0.3, 0.4) is 0 Å². The first kappa shape index (κ1) is 9.30. The lowest BCUT2D eigenvalue weighted by Crippen LogP contribution is -2.42. The van der Waals surface area contributed by atoms with Crippen LogP contribution in [0.1, 0.15) is 12.8 Å². The molecular weight excluding hydrogens is 160 g/mol. The van der Waals surface area contributed by atoms with Crippen molar-refractivity contribution in [1.29, 1.82) is 0 Å². The average molecular weight is 177 g/mol. The molecule has 0 saturated carbocycles. The second-order valence-electron chi connectivity index (χ2n) is 3.61. The van der Waals surface area contributed by atoms with Crippen molar-refractivity contribution in [3.05, 3.63) is 0 Å². The second-order valence-corrected chi connectivity index (χ2v) is 3.61. The van der Waals surface area contributed by atoms with E-state index >= 15 is 0 Å². The van der Waals surface area contributed by atoms with E-state index in [1.165, 1.54) is 32.5 Å². The average Bonchev–Trinajstić information content (AvgIpc) is 2.36. The molecule has 2 aliphatic rings. The second kappa shape index (κ2) is 3.74. The van der Waals surface area contributed by atoms with Gasteiger partial charge in [-0.15, -0.1) is 12.4 Å². The van der Waals surface area contributed by atoms with Crippen molar-refractivity contribution in [3.8, 4) is 0 Å². The van der Waals surface area contributed by atoms with Gasteiger partial charge in [0.15, 0.2) is 0 Å². The summed E-state index contributed by atoms with van der Waals surface area (Å²) in [4.78, 5) is 2.51. The molecule has 2 nitrogen and oxygen atoms in total. The van der Waals surface area contributed by atoms with Gasteiger partial charge in [0.25, 0.3) is 0 Å². The summed E-state index contributed by atoms with van der Waals surface area (Å²) in [5, 5.41) is 3.45. The SMILES string of the molecule is CN1CCC[C@H]2CNC[C@H]21.Cl. The van der Waals surface area contributed by atoms with Crippen LogP contribution in [0.2, 0.25) is 0 Å². The summed E-state index contributed by atoms with van der Waals surface area (Å²) in [7, 11) is 2.25. The summed E-state index contributed by atoms with van der Waals surface area (Å²) in [5.41, 5.74) is 0. The molecule has 11 heavy (non-hydrogen) atoms. The summed E-state index contributed by atoms with van der Waals surface area (Å²) in [5.74, 6) is 0.957. The van der Waals surface area contributed by atoms with E-state index in [1.54, 1.807) is 0 Å². The largest absolute Gasteiger partial charge is 0.315 e. The molecular formula is C8H17ClN2. The highest BCUT2D eigenvalue weighted by atomic mass is 35.5. The highest BCUT2D eigenvalue weighted by Crippen LogP contribution is 2.24. The van der Waals surface area contributed by atoms with E-state index in [1.807, 2.05) is 0 Å². The summed E-state index contributed by atoms with van der Waals surface area (Å²) in [6.07, 6.45) is 2.85. The molecule has 0 aromatic carbocycles. The van der Waals surface area contributed by atoms with Crippen molar-refractivity contribution in [2.45, 2.75) is 18.9 Å². The Hall–Kier alpha value is 0.210. The fourth-order valence-corrected chi connectivity index (χ4v) is 2.30. The molecule has 3 heteroatoms. The van der Waals surface area contributed by atoms with Gasteiger partial charge in [0.1, 0.15) is 0 Å². The lowest BCUT2D eigenvalue weighted by atomic mass is 9.93. The number of halogens is 1. The third kappa shape index (κ3) is 1.68. The van der Waals surface area contributed by atoms with Gasteiger partial charge in [0.2, 0.25) is 0 Å². The minimum Gasteiger partial charge on any atom is -0.315 e. The van der Waals surface area contributed by atoms with Crippen LogP contribution in [0.5, 0.6) is 0 Å². The van der Waals surface area contributed by atoms with Crippen LogP contribution in [0.4, 0.5) is 0 Å². The number of likely N-dealkylation sites (N-methyl/N-ethyl adjacent to an activating group) is 1. The zero-order chi connectivity index (χ0) is 6.97. The molecule has 66 valence electrons. The van der Waals surface area contributed by atoms with Crippen molar-refractivity contribution in [2.75, 3.05) is 26.7 Å². The number of rotatable bonds is 0. The van der Waals surface area contributed by atoms with Crippen LogP contribution >= 0.6 is 12.4 Å². The third-order valence-electron chi connectivity index (χ3n) is 2.96. The molecule has 0 unspecified atom stereocenters. The number of piperidine rings is 1. The Kier molecular flexibility index (Phi) is 3.16. The summed E-state index contributed by atoms with van der Waals surface area (Å²) in [6.45, 7) is 3.79. The Labute approximate surface area is 74.7 Å². The maximum atomic E-state index is 3.45. The highest BCUT2D eigenvalue weighted by molar-refractivity contribution is 5.85. The molecule has 2 aliphatic heterocycles. The fraction of sp³-hybridized carbons (Fsp3) is 1.00. The number of fused-ring (bicyclic) bond motifs is 1. The van der Waals surface area contributed by atoms with Crippen molar-refractivity contribution in [2.24, 2.45) is 5.92 Å². The quantitative estimate of drug-likeness (QED) is 0.586. The Morgan fingerprint density at radius 1 is 1.36 bits per heavy atom. The number of likely N-dealkylation sites (tertiary alicyclic amines) is 1. The first-order valence-corrected chi connectivity index (χ1v) is 4.29. The molecule has 0 radical (unpaired) electrons. The Morgan fingerprint density at radius 3 is 2.91 bits per heavy atom. The lowest BCUT2D eigenvalue weighted by Gasteiger charge is -2.33. The van der Waals surface area contributed by atoms with Crippen molar-refractivity contribution < 1.29 is 0 Å². The molecule has 0 aromatic rings. The van der Waals surface area contributed by atoms with E-state index in [4.69, 9.17) is 0 Å². The van der Waals surface area contributed by atoms with E-state index in [9.17, 15) is 0 Å². The van der Waals surface area contributed by atoms with Crippen molar-refractivity contribution in [1.82, 2.24) is 10.2 Å². The molecule has 0 bridgehead atoms. The number of hydrogen-bond donors (Lipinski definition) is 1. The normalized spacial score (nSPS) is 37.9. The standard InChI is InChI=1S/C8H16N2.ClH/c1-10-4-2-3-7-5-9-6-8(7)10;/h7-9H,2-6H2,1H3;1H/t7-,8+;/m0./s1. The molecule has 0 amide bonds. The molecule has 0 aliphatic carbocycles. The molecule has 0 spiro atoms. The van der Waals surface area contributed by atoms with Crippen LogP contribution in [-0.4, -0.2) is 37.6 Å². The van der Waals surface area contributed by atoms with Gasteiger partial charge < -0.3 is 10.2 Å². The van der Waals surface area contributed by atoms with Gasteiger partial charge in [-0.2, -0.15) is 0 Å². The van der Waals surface area contributed by atoms with Gasteiger partial charge in [-0.3, -0.25) is 0 Å². The monoisotopic (exact) mass is 176 g/mol. The maximum absolute atomic E-state index is 3.45. The van der Waals surface area contributed by atoms with Crippen LogP contribution in [-0.2, 0) is 0 Å². The maximum Gasteiger partial charge on any atom is 0.0257 e. The Morgan fingerprint density at radius 2 is 2.18 bits per heavy atom. The summed E-state index contributed by atoms with van der Waals surface area (Å²) in [6, 6.07) is 0.855. The van der Waals surface area contributed by atoms with E-state index in [0.29, 0.717) is 0 Å². The summed E-state index contributed by atoms with van der Waals surface area (Å²) < 4.78 is 0. The molecule has 2 atom stereocenters. The van der Waals surface area contributed by atoms with E-state index in [-0.39, 0.29) is 12.4 Å². The van der Waals surface area contributed by atoms with Crippen LogP contribution in [0, 0.1) is 5.92 Å². The number of hydrogen-bond acceptors (Lipinski definition) is 2. The van der Waals surface area contributed by atoms with Gasteiger partial charge in [0, 0.05) is 12.6 Å². The Bertz CT molecular complexity index is 129. The zero-order valence-corrected chi connectivity index (χ0v) is 7.86. The summed E-state index contributed by atoms with van der Waals surface area (Å²) >= 11 is 0. The smallest absolute Gasteiger partial charge is 0.0257 e. The molecule has 1 N–H and O–H groups in total. The first-order valence-electron chi connectivity index (χ1n) is 4.29.